The SMILES string of the molecule is NCCCC[C@H](NC(=O)/C=C/c1ccc(OP(=O)(O)O)cc1)C(=O)N1CCC[C@H]1C(=O)N[C@@H](Cc1ccccc1)C(N)=O. The van der Waals surface area contributed by atoms with Crippen LogP contribution < -0.4 is 26.6 Å². The molecule has 14 heteroatoms. The van der Waals surface area contributed by atoms with E-state index in [2.05, 4.69) is 15.2 Å². The van der Waals surface area contributed by atoms with Gasteiger partial charge in [0, 0.05) is 19.0 Å². The molecule has 0 spiro atoms. The lowest BCUT2D eigenvalue weighted by atomic mass is 10.0. The van der Waals surface area contributed by atoms with Gasteiger partial charge in [-0.05, 0) is 68.0 Å². The van der Waals surface area contributed by atoms with E-state index in [4.69, 9.17) is 21.3 Å². The number of primary amides is 1. The number of hydrogen-bond acceptors (Lipinski definition) is 7. The lowest BCUT2D eigenvalue weighted by Crippen LogP contribution is -2.56. The molecule has 1 aliphatic heterocycles. The molecule has 8 N–H and O–H groups in total. The summed E-state index contributed by atoms with van der Waals surface area (Å²) in [4.78, 5) is 71.0. The molecule has 1 fully saturated rings. The van der Waals surface area contributed by atoms with Gasteiger partial charge in [-0.1, -0.05) is 42.5 Å². The molecule has 43 heavy (non-hydrogen) atoms. The highest BCUT2D eigenvalue weighted by Gasteiger charge is 2.38. The molecule has 0 aromatic heterocycles. The van der Waals surface area contributed by atoms with Gasteiger partial charge in [0.15, 0.2) is 0 Å². The highest BCUT2D eigenvalue weighted by atomic mass is 31.2. The van der Waals surface area contributed by atoms with Gasteiger partial charge in [-0.15, -0.1) is 0 Å². The molecule has 232 valence electrons. The first-order valence-corrected chi connectivity index (χ1v) is 15.5. The first-order chi connectivity index (χ1) is 20.5. The van der Waals surface area contributed by atoms with E-state index < -0.39 is 49.6 Å². The number of amides is 4. The van der Waals surface area contributed by atoms with Gasteiger partial charge in [-0.2, -0.15) is 0 Å². The first-order valence-electron chi connectivity index (χ1n) is 13.9. The standard InChI is InChI=1S/C29H38N5O8P/c30-17-5-4-9-23(32-26(35)16-13-20-11-14-22(15-12-20)42-43(39,40)41)29(38)34-18-6-10-25(34)28(37)33-24(27(31)36)19-21-7-2-1-3-8-21/h1-3,7-8,11-16,23-25H,4-6,9-10,17-19,30H2,(H2,31,36)(H,32,35)(H,33,37)(H2,39,40,41)/b16-13+/t23-,24-,25-/m0/s1. The van der Waals surface area contributed by atoms with Crippen molar-refractivity contribution >= 4 is 37.5 Å². The van der Waals surface area contributed by atoms with Crippen molar-refractivity contribution in [1.82, 2.24) is 15.5 Å². The molecule has 0 aliphatic carbocycles. The maximum Gasteiger partial charge on any atom is 0.524 e. The summed E-state index contributed by atoms with van der Waals surface area (Å²) >= 11 is 0. The second-order valence-electron chi connectivity index (χ2n) is 10.2. The van der Waals surface area contributed by atoms with Gasteiger partial charge in [-0.3, -0.25) is 29.0 Å². The Balaban J connectivity index is 1.66. The van der Waals surface area contributed by atoms with E-state index in [1.807, 2.05) is 30.3 Å². The van der Waals surface area contributed by atoms with Crippen LogP contribution in [0.15, 0.2) is 60.7 Å². The number of carbonyl (C=O) groups is 4. The van der Waals surface area contributed by atoms with Gasteiger partial charge in [0.1, 0.15) is 23.9 Å². The smallest absolute Gasteiger partial charge is 0.404 e. The molecule has 4 amide bonds. The Hall–Kier alpha value is -4.03. The van der Waals surface area contributed by atoms with Crippen LogP contribution in [0.5, 0.6) is 5.75 Å². The monoisotopic (exact) mass is 615 g/mol. The van der Waals surface area contributed by atoms with Crippen LogP contribution in [0.4, 0.5) is 0 Å². The van der Waals surface area contributed by atoms with Crippen LogP contribution in [0.25, 0.3) is 6.08 Å². The third-order valence-corrected chi connectivity index (χ3v) is 7.32. The Morgan fingerprint density at radius 3 is 2.35 bits per heavy atom. The summed E-state index contributed by atoms with van der Waals surface area (Å²) in [6, 6.07) is 12.2. The normalized spacial score (nSPS) is 16.4. The van der Waals surface area contributed by atoms with Crippen molar-refractivity contribution in [3.63, 3.8) is 0 Å². The number of phosphoric acid groups is 1. The van der Waals surface area contributed by atoms with Crippen LogP contribution in [0, 0.1) is 0 Å². The average Bonchev–Trinajstić information content (AvgIpc) is 3.46. The molecule has 0 saturated carbocycles. The van der Waals surface area contributed by atoms with Crippen LogP contribution in [0.2, 0.25) is 0 Å². The number of phosphoric ester groups is 1. The van der Waals surface area contributed by atoms with Crippen LogP contribution in [0.1, 0.15) is 43.2 Å². The van der Waals surface area contributed by atoms with Gasteiger partial charge >= 0.3 is 7.82 Å². The van der Waals surface area contributed by atoms with E-state index in [1.54, 1.807) is 0 Å². The topological polar surface area (TPSA) is 214 Å². The molecule has 2 aromatic carbocycles. The van der Waals surface area contributed by atoms with E-state index in [1.165, 1.54) is 41.3 Å². The zero-order valence-corrected chi connectivity index (χ0v) is 24.5. The van der Waals surface area contributed by atoms with Gasteiger partial charge < -0.3 is 31.5 Å². The second kappa shape index (κ2) is 16.0. The molecule has 1 saturated heterocycles. The zero-order chi connectivity index (χ0) is 31.4. The summed E-state index contributed by atoms with van der Waals surface area (Å²) in [6.45, 7) is 0.736. The molecule has 0 unspecified atom stereocenters. The highest BCUT2D eigenvalue weighted by molar-refractivity contribution is 7.46. The predicted molar refractivity (Wildman–Crippen MR) is 159 cm³/mol. The number of nitrogens with two attached hydrogens (primary N) is 2. The van der Waals surface area contributed by atoms with Gasteiger partial charge in [0.25, 0.3) is 0 Å². The number of rotatable bonds is 15. The van der Waals surface area contributed by atoms with Gasteiger partial charge in [0.2, 0.25) is 23.6 Å². The summed E-state index contributed by atoms with van der Waals surface area (Å²) in [6.07, 6.45) is 5.43. The number of likely N-dealkylation sites (tertiary alicyclic amines) is 1. The number of carbonyl (C=O) groups excluding carboxylic acids is 4. The van der Waals surface area contributed by atoms with Crippen molar-refractivity contribution in [1.29, 1.82) is 0 Å². The van der Waals surface area contributed by atoms with Crippen LogP contribution in [0.3, 0.4) is 0 Å². The molecule has 1 heterocycles. The van der Waals surface area contributed by atoms with Crippen LogP contribution in [-0.4, -0.2) is 69.5 Å². The minimum absolute atomic E-state index is 0.0353. The minimum atomic E-state index is -4.69. The molecule has 2 aromatic rings. The predicted octanol–water partition coefficient (Wildman–Crippen LogP) is 0.989. The molecule has 3 atom stereocenters. The molecular formula is C29H38N5O8P. The Bertz CT molecular complexity index is 1330. The van der Waals surface area contributed by atoms with E-state index in [0.717, 1.165) is 5.56 Å². The fraction of sp³-hybridized carbons (Fsp3) is 0.379. The lowest BCUT2D eigenvalue weighted by molar-refractivity contribution is -0.141. The van der Waals surface area contributed by atoms with Crippen LogP contribution in [-0.2, 0) is 30.2 Å². The molecule has 1 aliphatic rings. The zero-order valence-electron chi connectivity index (χ0n) is 23.6. The number of benzene rings is 2. The third kappa shape index (κ3) is 11.0. The molecule has 0 radical (unpaired) electrons. The van der Waals surface area contributed by atoms with Crippen molar-refractivity contribution in [3.8, 4) is 5.75 Å². The number of nitrogens with zero attached hydrogens (tertiary/aromatic N) is 1. The van der Waals surface area contributed by atoms with E-state index >= 15 is 0 Å². The second-order valence-corrected chi connectivity index (χ2v) is 11.3. The van der Waals surface area contributed by atoms with Gasteiger partial charge in [-0.25, -0.2) is 4.57 Å². The van der Waals surface area contributed by atoms with Crippen molar-refractivity contribution in [2.45, 2.75) is 56.7 Å². The quantitative estimate of drug-likeness (QED) is 0.0956. The maximum atomic E-state index is 13.6. The molecule has 13 nitrogen and oxygen atoms in total. The summed E-state index contributed by atoms with van der Waals surface area (Å²) in [5, 5.41) is 5.43. The van der Waals surface area contributed by atoms with Crippen LogP contribution >= 0.6 is 7.82 Å². The minimum Gasteiger partial charge on any atom is -0.404 e. The Kier molecular flexibility index (Phi) is 12.4. The fourth-order valence-corrected chi connectivity index (χ4v) is 5.16. The Labute approximate surface area is 249 Å². The summed E-state index contributed by atoms with van der Waals surface area (Å²) in [5.74, 6) is -2.15. The largest absolute Gasteiger partial charge is 0.524 e. The van der Waals surface area contributed by atoms with E-state index in [9.17, 15) is 23.7 Å². The molecule has 0 bridgehead atoms. The molecule has 3 rings (SSSR count). The van der Waals surface area contributed by atoms with E-state index in [0.29, 0.717) is 50.8 Å². The fourth-order valence-electron chi connectivity index (χ4n) is 4.76. The van der Waals surface area contributed by atoms with Crippen molar-refractivity contribution in [2.75, 3.05) is 13.1 Å². The highest BCUT2D eigenvalue weighted by Crippen LogP contribution is 2.37. The van der Waals surface area contributed by atoms with Crippen molar-refractivity contribution in [3.05, 3.63) is 71.8 Å². The van der Waals surface area contributed by atoms with Crippen molar-refractivity contribution in [2.24, 2.45) is 11.5 Å². The maximum absolute atomic E-state index is 13.6. The Morgan fingerprint density at radius 1 is 1.02 bits per heavy atom. The molecular weight excluding hydrogens is 577 g/mol. The number of unbranched alkanes of at least 4 members (excludes halogenated alkanes) is 1. The summed E-state index contributed by atoms with van der Waals surface area (Å²) in [5.41, 5.74) is 12.6. The lowest BCUT2D eigenvalue weighted by Gasteiger charge is -2.29. The first kappa shape index (κ1) is 33.5. The summed E-state index contributed by atoms with van der Waals surface area (Å²) < 4.78 is 15.5. The van der Waals surface area contributed by atoms with Gasteiger partial charge in [0.05, 0.1) is 0 Å². The van der Waals surface area contributed by atoms with E-state index in [-0.39, 0.29) is 12.2 Å². The average molecular weight is 616 g/mol. The summed E-state index contributed by atoms with van der Waals surface area (Å²) in [7, 11) is -4.69. The van der Waals surface area contributed by atoms with Crippen molar-refractivity contribution < 1.29 is 38.1 Å². The third-order valence-electron chi connectivity index (χ3n) is 6.87. The number of nitrogens with one attached hydrogen (secondary N) is 2. The number of hydrogen-bond donors (Lipinski definition) is 6. The Morgan fingerprint density at radius 2 is 1.72 bits per heavy atom.